The van der Waals surface area contributed by atoms with E-state index < -0.39 is 0 Å². The standard InChI is InChI=1S/C13H26N2/c1-12(2)11-15-10-9-14-8-7-13-5-3-4-6-13/h3,5,12-15H,4,6-11H2,1-2H3. The molecule has 0 radical (unpaired) electrons. The lowest BCUT2D eigenvalue weighted by Crippen LogP contribution is -2.30. The fourth-order valence-corrected chi connectivity index (χ4v) is 1.92. The first-order valence-electron chi connectivity index (χ1n) is 6.37. The molecule has 1 aliphatic rings. The molecule has 1 rings (SSSR count). The zero-order valence-electron chi connectivity index (χ0n) is 10.3. The first kappa shape index (κ1) is 12.7. The van der Waals surface area contributed by atoms with Gasteiger partial charge in [0.05, 0.1) is 0 Å². The smallest absolute Gasteiger partial charge is 0.00768 e. The van der Waals surface area contributed by atoms with Crippen LogP contribution in [0.4, 0.5) is 0 Å². The summed E-state index contributed by atoms with van der Waals surface area (Å²) in [5.74, 6) is 1.61. The fourth-order valence-electron chi connectivity index (χ4n) is 1.92. The van der Waals surface area contributed by atoms with Crippen molar-refractivity contribution in [3.05, 3.63) is 12.2 Å². The van der Waals surface area contributed by atoms with Gasteiger partial charge in [-0.2, -0.15) is 0 Å². The van der Waals surface area contributed by atoms with Crippen molar-refractivity contribution >= 4 is 0 Å². The molecule has 0 amide bonds. The maximum atomic E-state index is 3.49. The highest BCUT2D eigenvalue weighted by molar-refractivity contribution is 4.95. The van der Waals surface area contributed by atoms with Gasteiger partial charge in [-0.15, -0.1) is 0 Å². The fraction of sp³-hybridized carbons (Fsp3) is 0.846. The summed E-state index contributed by atoms with van der Waals surface area (Å²) in [6.45, 7) is 8.98. The molecule has 0 aliphatic heterocycles. The Kier molecular flexibility index (Phi) is 6.69. The van der Waals surface area contributed by atoms with Gasteiger partial charge in [0.15, 0.2) is 0 Å². The maximum Gasteiger partial charge on any atom is 0.00768 e. The molecule has 1 unspecified atom stereocenters. The molecule has 0 spiro atoms. The van der Waals surface area contributed by atoms with E-state index in [1.807, 2.05) is 0 Å². The molecule has 0 aromatic heterocycles. The van der Waals surface area contributed by atoms with Crippen LogP contribution >= 0.6 is 0 Å². The topological polar surface area (TPSA) is 24.1 Å². The van der Waals surface area contributed by atoms with Crippen LogP contribution in [-0.4, -0.2) is 26.2 Å². The molecular formula is C13H26N2. The van der Waals surface area contributed by atoms with Gasteiger partial charge in [0.25, 0.3) is 0 Å². The molecule has 1 atom stereocenters. The Morgan fingerprint density at radius 2 is 2.00 bits per heavy atom. The van der Waals surface area contributed by atoms with E-state index in [9.17, 15) is 0 Å². The average Bonchev–Trinajstić information content (AvgIpc) is 2.68. The van der Waals surface area contributed by atoms with E-state index in [-0.39, 0.29) is 0 Å². The molecule has 2 N–H and O–H groups in total. The molecule has 0 saturated heterocycles. The van der Waals surface area contributed by atoms with Crippen LogP contribution in [0.2, 0.25) is 0 Å². The normalized spacial score (nSPS) is 20.3. The second-order valence-electron chi connectivity index (χ2n) is 4.90. The van der Waals surface area contributed by atoms with E-state index in [1.165, 1.54) is 25.8 Å². The van der Waals surface area contributed by atoms with Crippen molar-refractivity contribution in [2.45, 2.75) is 33.1 Å². The predicted octanol–water partition coefficient (Wildman–Crippen LogP) is 2.18. The lowest BCUT2D eigenvalue weighted by molar-refractivity contribution is 0.507. The SMILES string of the molecule is CC(C)CNCCNCCC1C=CCC1. The summed E-state index contributed by atoms with van der Waals surface area (Å²) in [6.07, 6.45) is 8.65. The predicted molar refractivity (Wildman–Crippen MR) is 67.1 cm³/mol. The number of nitrogens with one attached hydrogen (secondary N) is 2. The largest absolute Gasteiger partial charge is 0.315 e. The van der Waals surface area contributed by atoms with Crippen LogP contribution in [0.1, 0.15) is 33.1 Å². The van der Waals surface area contributed by atoms with Crippen molar-refractivity contribution < 1.29 is 0 Å². The quantitative estimate of drug-likeness (QED) is 0.474. The van der Waals surface area contributed by atoms with E-state index in [4.69, 9.17) is 0 Å². The van der Waals surface area contributed by atoms with Crippen LogP contribution in [0.3, 0.4) is 0 Å². The summed E-state index contributed by atoms with van der Waals surface area (Å²) < 4.78 is 0. The molecular weight excluding hydrogens is 184 g/mol. The van der Waals surface area contributed by atoms with Crippen molar-refractivity contribution in [3.8, 4) is 0 Å². The van der Waals surface area contributed by atoms with E-state index >= 15 is 0 Å². The van der Waals surface area contributed by atoms with Crippen LogP contribution < -0.4 is 10.6 Å². The average molecular weight is 210 g/mol. The molecule has 0 bridgehead atoms. The summed E-state index contributed by atoms with van der Waals surface area (Å²) >= 11 is 0. The maximum absolute atomic E-state index is 3.49. The Morgan fingerprint density at radius 1 is 1.20 bits per heavy atom. The van der Waals surface area contributed by atoms with Crippen LogP contribution in [0.5, 0.6) is 0 Å². The highest BCUT2D eigenvalue weighted by atomic mass is 14.9. The van der Waals surface area contributed by atoms with E-state index in [0.717, 1.165) is 31.5 Å². The molecule has 15 heavy (non-hydrogen) atoms. The van der Waals surface area contributed by atoms with Gasteiger partial charge < -0.3 is 10.6 Å². The molecule has 0 aromatic carbocycles. The van der Waals surface area contributed by atoms with Crippen LogP contribution in [0, 0.1) is 11.8 Å². The minimum atomic E-state index is 0.758. The van der Waals surface area contributed by atoms with Crippen molar-refractivity contribution in [3.63, 3.8) is 0 Å². The van der Waals surface area contributed by atoms with E-state index in [1.54, 1.807) is 0 Å². The van der Waals surface area contributed by atoms with Crippen molar-refractivity contribution in [2.75, 3.05) is 26.2 Å². The van der Waals surface area contributed by atoms with Crippen molar-refractivity contribution in [1.82, 2.24) is 10.6 Å². The molecule has 2 nitrogen and oxygen atoms in total. The minimum Gasteiger partial charge on any atom is -0.315 e. The number of hydrogen-bond donors (Lipinski definition) is 2. The summed E-state index contributed by atoms with van der Waals surface area (Å²) in [5, 5.41) is 6.93. The van der Waals surface area contributed by atoms with Gasteiger partial charge in [0.2, 0.25) is 0 Å². The van der Waals surface area contributed by atoms with Gasteiger partial charge in [0, 0.05) is 13.1 Å². The monoisotopic (exact) mass is 210 g/mol. The summed E-state index contributed by atoms with van der Waals surface area (Å²) in [5.41, 5.74) is 0. The highest BCUT2D eigenvalue weighted by Crippen LogP contribution is 2.19. The van der Waals surface area contributed by atoms with Crippen LogP contribution in [0.15, 0.2) is 12.2 Å². The molecule has 0 fully saturated rings. The number of allylic oxidation sites excluding steroid dienone is 2. The van der Waals surface area contributed by atoms with Gasteiger partial charge in [-0.3, -0.25) is 0 Å². The Bertz CT molecular complexity index is 175. The van der Waals surface area contributed by atoms with Gasteiger partial charge in [-0.1, -0.05) is 26.0 Å². The van der Waals surface area contributed by atoms with E-state index in [0.29, 0.717) is 0 Å². The summed E-state index contributed by atoms with van der Waals surface area (Å²) in [6, 6.07) is 0. The molecule has 0 heterocycles. The lowest BCUT2D eigenvalue weighted by atomic mass is 10.1. The van der Waals surface area contributed by atoms with Gasteiger partial charge in [0.1, 0.15) is 0 Å². The third-order valence-corrected chi connectivity index (χ3v) is 2.84. The summed E-state index contributed by atoms with van der Waals surface area (Å²) in [7, 11) is 0. The number of hydrogen-bond acceptors (Lipinski definition) is 2. The first-order chi connectivity index (χ1) is 7.29. The van der Waals surface area contributed by atoms with Crippen molar-refractivity contribution in [1.29, 1.82) is 0 Å². The lowest BCUT2D eigenvalue weighted by Gasteiger charge is -2.10. The Labute approximate surface area is 94.5 Å². The first-order valence-corrected chi connectivity index (χ1v) is 6.37. The Morgan fingerprint density at radius 3 is 2.67 bits per heavy atom. The zero-order chi connectivity index (χ0) is 10.9. The molecule has 0 saturated carbocycles. The Hall–Kier alpha value is -0.340. The van der Waals surface area contributed by atoms with Gasteiger partial charge in [-0.05, 0) is 44.2 Å². The van der Waals surface area contributed by atoms with Gasteiger partial charge >= 0.3 is 0 Å². The highest BCUT2D eigenvalue weighted by Gasteiger charge is 2.07. The second kappa shape index (κ2) is 7.89. The molecule has 88 valence electrons. The van der Waals surface area contributed by atoms with Crippen LogP contribution in [-0.2, 0) is 0 Å². The van der Waals surface area contributed by atoms with Gasteiger partial charge in [-0.25, -0.2) is 0 Å². The molecule has 1 aliphatic carbocycles. The Balaban J connectivity index is 1.79. The van der Waals surface area contributed by atoms with Crippen LogP contribution in [0.25, 0.3) is 0 Å². The third kappa shape index (κ3) is 6.69. The summed E-state index contributed by atoms with van der Waals surface area (Å²) in [4.78, 5) is 0. The van der Waals surface area contributed by atoms with Crippen molar-refractivity contribution in [2.24, 2.45) is 11.8 Å². The zero-order valence-corrected chi connectivity index (χ0v) is 10.3. The third-order valence-electron chi connectivity index (χ3n) is 2.84. The number of rotatable bonds is 8. The minimum absolute atomic E-state index is 0.758. The molecule has 0 aromatic rings. The molecule has 2 heteroatoms. The van der Waals surface area contributed by atoms with E-state index in [2.05, 4.69) is 36.6 Å². The second-order valence-corrected chi connectivity index (χ2v) is 4.90.